The van der Waals surface area contributed by atoms with Crippen LogP contribution in [0.15, 0.2) is 47.8 Å². The van der Waals surface area contributed by atoms with E-state index >= 15 is 0 Å². The summed E-state index contributed by atoms with van der Waals surface area (Å²) in [5.74, 6) is 0. The van der Waals surface area contributed by atoms with Crippen LogP contribution in [0.5, 0.6) is 0 Å². The quantitative estimate of drug-likeness (QED) is 0.796. The van der Waals surface area contributed by atoms with Crippen molar-refractivity contribution < 1.29 is 0 Å². The van der Waals surface area contributed by atoms with Crippen LogP contribution in [0.25, 0.3) is 9.88 Å². The lowest BCUT2D eigenvalue weighted by atomic mass is 10.1. The fraction of sp³-hybridized carbons (Fsp3) is 0.0769. The first-order valence-corrected chi connectivity index (χ1v) is 7.22. The van der Waals surface area contributed by atoms with E-state index in [2.05, 4.69) is 10.2 Å². The van der Waals surface area contributed by atoms with E-state index in [0.717, 1.165) is 20.5 Å². The van der Waals surface area contributed by atoms with Crippen molar-refractivity contribution in [2.75, 3.05) is 0 Å². The molecule has 0 aliphatic heterocycles. The molecule has 18 heavy (non-hydrogen) atoms. The van der Waals surface area contributed by atoms with E-state index in [4.69, 9.17) is 5.73 Å². The third-order valence-electron chi connectivity index (χ3n) is 2.60. The van der Waals surface area contributed by atoms with Gasteiger partial charge in [-0.05, 0) is 17.0 Å². The van der Waals surface area contributed by atoms with Gasteiger partial charge in [-0.25, -0.2) is 0 Å². The topological polar surface area (TPSA) is 51.8 Å². The minimum absolute atomic E-state index is 0.197. The molecule has 90 valence electrons. The first kappa shape index (κ1) is 11.5. The van der Waals surface area contributed by atoms with Gasteiger partial charge in [-0.3, -0.25) is 0 Å². The maximum absolute atomic E-state index is 6.19. The summed E-state index contributed by atoms with van der Waals surface area (Å²) >= 11 is 3.22. The molecule has 0 saturated heterocycles. The summed E-state index contributed by atoms with van der Waals surface area (Å²) in [6.07, 6.45) is 0. The third-order valence-corrected chi connectivity index (χ3v) is 4.64. The van der Waals surface area contributed by atoms with Gasteiger partial charge in [0.2, 0.25) is 0 Å². The van der Waals surface area contributed by atoms with E-state index in [-0.39, 0.29) is 6.04 Å². The second-order valence-corrected chi connectivity index (χ2v) is 5.77. The zero-order valence-corrected chi connectivity index (χ0v) is 11.1. The average molecular weight is 273 g/mol. The first-order valence-electron chi connectivity index (χ1n) is 5.52. The lowest BCUT2D eigenvalue weighted by Crippen LogP contribution is -2.11. The summed E-state index contributed by atoms with van der Waals surface area (Å²) in [6.45, 7) is 0. The number of benzene rings is 1. The average Bonchev–Trinajstić information content (AvgIpc) is 3.09. The molecule has 3 aromatic rings. The maximum Gasteiger partial charge on any atom is 0.157 e. The summed E-state index contributed by atoms with van der Waals surface area (Å²) < 4.78 is 0. The summed E-state index contributed by atoms with van der Waals surface area (Å²) in [6, 6.07) is 13.8. The Balaban J connectivity index is 1.90. The van der Waals surface area contributed by atoms with Gasteiger partial charge < -0.3 is 5.73 Å². The number of hydrogen-bond acceptors (Lipinski definition) is 5. The highest BCUT2D eigenvalue weighted by atomic mass is 32.1. The fourth-order valence-electron chi connectivity index (χ4n) is 1.66. The van der Waals surface area contributed by atoms with E-state index in [0.29, 0.717) is 0 Å². The Kier molecular flexibility index (Phi) is 3.19. The first-order chi connectivity index (χ1) is 8.84. The molecular formula is C13H11N3S2. The van der Waals surface area contributed by atoms with Crippen molar-refractivity contribution in [3.8, 4) is 9.88 Å². The molecule has 2 aromatic heterocycles. The van der Waals surface area contributed by atoms with Crippen LogP contribution in [-0.2, 0) is 0 Å². The SMILES string of the molecule is NC(c1ccccc1)c1nnc(-c2cccs2)s1. The fourth-order valence-corrected chi connectivity index (χ4v) is 3.33. The van der Waals surface area contributed by atoms with Gasteiger partial charge in [0.15, 0.2) is 5.01 Å². The predicted octanol–water partition coefficient (Wildman–Crippen LogP) is 3.31. The van der Waals surface area contributed by atoms with Gasteiger partial charge in [0.1, 0.15) is 5.01 Å². The number of thiophene rings is 1. The minimum Gasteiger partial charge on any atom is -0.318 e. The Morgan fingerprint density at radius 2 is 1.83 bits per heavy atom. The molecule has 1 aromatic carbocycles. The highest BCUT2D eigenvalue weighted by Gasteiger charge is 2.15. The van der Waals surface area contributed by atoms with Crippen molar-refractivity contribution >= 4 is 22.7 Å². The summed E-state index contributed by atoms with van der Waals surface area (Å²) in [7, 11) is 0. The Hall–Kier alpha value is -1.56. The van der Waals surface area contributed by atoms with E-state index in [9.17, 15) is 0 Å². The minimum atomic E-state index is -0.197. The molecule has 5 heteroatoms. The number of aromatic nitrogens is 2. The molecule has 0 saturated carbocycles. The summed E-state index contributed by atoms with van der Waals surface area (Å²) in [4.78, 5) is 1.14. The smallest absolute Gasteiger partial charge is 0.157 e. The molecule has 0 fully saturated rings. The van der Waals surface area contributed by atoms with Crippen molar-refractivity contribution in [3.63, 3.8) is 0 Å². The number of hydrogen-bond donors (Lipinski definition) is 1. The van der Waals surface area contributed by atoms with E-state index in [1.807, 2.05) is 47.8 Å². The van der Waals surface area contributed by atoms with Gasteiger partial charge in [-0.1, -0.05) is 47.7 Å². The van der Waals surface area contributed by atoms with Crippen LogP contribution in [0.1, 0.15) is 16.6 Å². The molecule has 2 N–H and O–H groups in total. The van der Waals surface area contributed by atoms with Crippen LogP contribution in [0.4, 0.5) is 0 Å². The van der Waals surface area contributed by atoms with Crippen LogP contribution in [0, 0.1) is 0 Å². The molecule has 0 aliphatic rings. The molecule has 3 nitrogen and oxygen atoms in total. The number of rotatable bonds is 3. The maximum atomic E-state index is 6.19. The van der Waals surface area contributed by atoms with Crippen molar-refractivity contribution in [1.82, 2.24) is 10.2 Å². The van der Waals surface area contributed by atoms with Crippen LogP contribution in [0.2, 0.25) is 0 Å². The Labute approximate surface area is 113 Å². The van der Waals surface area contributed by atoms with Crippen molar-refractivity contribution in [2.24, 2.45) is 5.73 Å². The largest absolute Gasteiger partial charge is 0.318 e. The highest BCUT2D eigenvalue weighted by Crippen LogP contribution is 2.31. The Morgan fingerprint density at radius 1 is 1.00 bits per heavy atom. The molecule has 0 bridgehead atoms. The van der Waals surface area contributed by atoms with Crippen molar-refractivity contribution in [3.05, 3.63) is 58.4 Å². The molecule has 3 rings (SSSR count). The van der Waals surface area contributed by atoms with E-state index in [1.54, 1.807) is 22.7 Å². The Bertz CT molecular complexity index is 617. The van der Waals surface area contributed by atoms with Gasteiger partial charge in [0.05, 0.1) is 10.9 Å². The van der Waals surface area contributed by atoms with Gasteiger partial charge in [0.25, 0.3) is 0 Å². The summed E-state index contributed by atoms with van der Waals surface area (Å²) in [5.41, 5.74) is 7.26. The molecular weight excluding hydrogens is 262 g/mol. The van der Waals surface area contributed by atoms with Crippen molar-refractivity contribution in [2.45, 2.75) is 6.04 Å². The lowest BCUT2D eigenvalue weighted by Gasteiger charge is -2.06. The van der Waals surface area contributed by atoms with E-state index in [1.165, 1.54) is 0 Å². The second-order valence-electron chi connectivity index (χ2n) is 3.81. The molecule has 0 radical (unpaired) electrons. The molecule has 1 unspecified atom stereocenters. The molecule has 0 spiro atoms. The van der Waals surface area contributed by atoms with Gasteiger partial charge in [-0.2, -0.15) is 0 Å². The summed E-state index contributed by atoms with van der Waals surface area (Å²) in [5, 5.41) is 12.2. The van der Waals surface area contributed by atoms with Crippen molar-refractivity contribution in [1.29, 1.82) is 0 Å². The molecule has 1 atom stereocenters. The second kappa shape index (κ2) is 4.97. The molecule has 2 heterocycles. The molecule has 0 aliphatic carbocycles. The zero-order valence-electron chi connectivity index (χ0n) is 9.48. The monoisotopic (exact) mass is 273 g/mol. The highest BCUT2D eigenvalue weighted by molar-refractivity contribution is 7.20. The predicted molar refractivity (Wildman–Crippen MR) is 75.7 cm³/mol. The van der Waals surface area contributed by atoms with Crippen LogP contribution in [-0.4, -0.2) is 10.2 Å². The normalized spacial score (nSPS) is 12.5. The van der Waals surface area contributed by atoms with E-state index < -0.39 is 0 Å². The van der Waals surface area contributed by atoms with Gasteiger partial charge in [-0.15, -0.1) is 21.5 Å². The zero-order chi connectivity index (χ0) is 12.4. The van der Waals surface area contributed by atoms with Crippen LogP contribution >= 0.6 is 22.7 Å². The number of nitrogens with two attached hydrogens (primary N) is 1. The number of nitrogens with zero attached hydrogens (tertiary/aromatic N) is 2. The third kappa shape index (κ3) is 2.20. The van der Waals surface area contributed by atoms with Crippen LogP contribution < -0.4 is 5.73 Å². The lowest BCUT2D eigenvalue weighted by molar-refractivity contribution is 0.831. The van der Waals surface area contributed by atoms with Gasteiger partial charge >= 0.3 is 0 Å². The Morgan fingerprint density at radius 3 is 2.56 bits per heavy atom. The van der Waals surface area contributed by atoms with Crippen LogP contribution in [0.3, 0.4) is 0 Å². The standard InChI is InChI=1S/C13H11N3S2/c14-11(9-5-2-1-3-6-9)13-16-15-12(18-13)10-7-4-8-17-10/h1-8,11H,14H2. The molecule has 0 amide bonds. The van der Waals surface area contributed by atoms with Gasteiger partial charge in [0, 0.05) is 0 Å².